The molecule has 1 fully saturated rings. The molecule has 2 N–H and O–H groups in total. The Balaban J connectivity index is 2.37. The summed E-state index contributed by atoms with van der Waals surface area (Å²) >= 11 is 0. The van der Waals surface area contributed by atoms with Crippen LogP contribution < -0.4 is 0 Å². The standard InChI is InChI=1S/C8H14O3/c1-5(9)7(8(10)11)4-6-2-3-6/h5-7,9H,2-4H2,1H3,(H,10,11). The van der Waals surface area contributed by atoms with Crippen LogP contribution in [0.3, 0.4) is 0 Å². The van der Waals surface area contributed by atoms with Crippen molar-refractivity contribution in [2.45, 2.75) is 32.3 Å². The second-order valence-corrected chi connectivity index (χ2v) is 3.36. The first-order valence-electron chi connectivity index (χ1n) is 4.02. The Labute approximate surface area is 66.0 Å². The molecule has 0 aliphatic heterocycles. The van der Waals surface area contributed by atoms with Crippen LogP contribution >= 0.6 is 0 Å². The number of carboxylic acids is 1. The van der Waals surface area contributed by atoms with Gasteiger partial charge in [0.2, 0.25) is 0 Å². The molecule has 64 valence electrons. The molecule has 0 radical (unpaired) electrons. The Bertz CT molecular complexity index is 149. The predicted molar refractivity (Wildman–Crippen MR) is 40.1 cm³/mol. The molecular weight excluding hydrogens is 144 g/mol. The lowest BCUT2D eigenvalue weighted by Crippen LogP contribution is -2.25. The van der Waals surface area contributed by atoms with E-state index in [2.05, 4.69) is 0 Å². The van der Waals surface area contributed by atoms with E-state index >= 15 is 0 Å². The molecule has 0 bridgehead atoms. The minimum Gasteiger partial charge on any atom is -0.481 e. The molecule has 0 aromatic rings. The fraction of sp³-hybridized carbons (Fsp3) is 0.875. The topological polar surface area (TPSA) is 57.5 Å². The molecule has 0 saturated heterocycles. The Morgan fingerprint density at radius 3 is 2.45 bits per heavy atom. The molecule has 3 heteroatoms. The maximum absolute atomic E-state index is 10.5. The Kier molecular flexibility index (Phi) is 2.49. The summed E-state index contributed by atoms with van der Waals surface area (Å²) in [5.41, 5.74) is 0. The van der Waals surface area contributed by atoms with Crippen molar-refractivity contribution >= 4 is 5.97 Å². The number of aliphatic carboxylic acids is 1. The summed E-state index contributed by atoms with van der Waals surface area (Å²) < 4.78 is 0. The van der Waals surface area contributed by atoms with E-state index in [1.807, 2.05) is 0 Å². The first-order valence-corrected chi connectivity index (χ1v) is 4.02. The van der Waals surface area contributed by atoms with Crippen LogP contribution in [0.5, 0.6) is 0 Å². The van der Waals surface area contributed by atoms with E-state index in [1.54, 1.807) is 6.92 Å². The average Bonchev–Trinajstić information content (AvgIpc) is 2.63. The molecule has 2 atom stereocenters. The third-order valence-corrected chi connectivity index (χ3v) is 2.18. The van der Waals surface area contributed by atoms with Gasteiger partial charge in [-0.2, -0.15) is 0 Å². The van der Waals surface area contributed by atoms with Crippen LogP contribution in [0.25, 0.3) is 0 Å². The van der Waals surface area contributed by atoms with Gasteiger partial charge in [-0.25, -0.2) is 0 Å². The fourth-order valence-corrected chi connectivity index (χ4v) is 1.22. The molecule has 2 unspecified atom stereocenters. The molecule has 0 amide bonds. The van der Waals surface area contributed by atoms with Gasteiger partial charge in [0.15, 0.2) is 0 Å². The zero-order valence-corrected chi connectivity index (χ0v) is 6.66. The molecule has 1 aliphatic carbocycles. The third-order valence-electron chi connectivity index (χ3n) is 2.18. The van der Waals surface area contributed by atoms with Gasteiger partial charge < -0.3 is 10.2 Å². The zero-order valence-electron chi connectivity index (χ0n) is 6.66. The number of aliphatic hydroxyl groups is 1. The van der Waals surface area contributed by atoms with E-state index in [0.29, 0.717) is 12.3 Å². The van der Waals surface area contributed by atoms with E-state index in [0.717, 1.165) is 12.8 Å². The molecule has 11 heavy (non-hydrogen) atoms. The fourth-order valence-electron chi connectivity index (χ4n) is 1.22. The molecule has 1 rings (SSSR count). The van der Waals surface area contributed by atoms with Crippen LogP contribution in [-0.2, 0) is 4.79 Å². The number of aliphatic hydroxyl groups excluding tert-OH is 1. The van der Waals surface area contributed by atoms with Crippen LogP contribution in [0.1, 0.15) is 26.2 Å². The number of carboxylic acid groups (broad SMARTS) is 1. The summed E-state index contributed by atoms with van der Waals surface area (Å²) in [7, 11) is 0. The van der Waals surface area contributed by atoms with Gasteiger partial charge in [0.05, 0.1) is 12.0 Å². The summed E-state index contributed by atoms with van der Waals surface area (Å²) in [5, 5.41) is 17.7. The number of hydrogen-bond donors (Lipinski definition) is 2. The molecule has 1 aliphatic rings. The van der Waals surface area contributed by atoms with Crippen LogP contribution in [0.15, 0.2) is 0 Å². The van der Waals surface area contributed by atoms with Gasteiger partial charge in [-0.1, -0.05) is 12.8 Å². The van der Waals surface area contributed by atoms with Crippen molar-refractivity contribution < 1.29 is 15.0 Å². The predicted octanol–water partition coefficient (Wildman–Crippen LogP) is 0.868. The molecule has 0 heterocycles. The van der Waals surface area contributed by atoms with E-state index < -0.39 is 18.0 Å². The average molecular weight is 158 g/mol. The number of hydrogen-bond acceptors (Lipinski definition) is 2. The van der Waals surface area contributed by atoms with E-state index in [9.17, 15) is 4.79 Å². The molecule has 0 aromatic heterocycles. The van der Waals surface area contributed by atoms with Crippen molar-refractivity contribution in [3.05, 3.63) is 0 Å². The van der Waals surface area contributed by atoms with Crippen LogP contribution in [-0.4, -0.2) is 22.3 Å². The van der Waals surface area contributed by atoms with Gasteiger partial charge in [-0.05, 0) is 19.3 Å². The molecular formula is C8H14O3. The highest BCUT2D eigenvalue weighted by atomic mass is 16.4. The highest BCUT2D eigenvalue weighted by Gasteiger charge is 2.31. The lowest BCUT2D eigenvalue weighted by molar-refractivity contribution is -0.145. The first-order chi connectivity index (χ1) is 5.11. The van der Waals surface area contributed by atoms with Gasteiger partial charge in [-0.3, -0.25) is 4.79 Å². The van der Waals surface area contributed by atoms with Gasteiger partial charge >= 0.3 is 5.97 Å². The van der Waals surface area contributed by atoms with Crippen LogP contribution in [0.4, 0.5) is 0 Å². The highest BCUT2D eigenvalue weighted by molar-refractivity contribution is 5.70. The zero-order chi connectivity index (χ0) is 8.43. The SMILES string of the molecule is CC(O)C(CC1CC1)C(=O)O. The minimum atomic E-state index is -0.869. The van der Waals surface area contributed by atoms with Crippen molar-refractivity contribution in [1.82, 2.24) is 0 Å². The van der Waals surface area contributed by atoms with Crippen LogP contribution in [0.2, 0.25) is 0 Å². The molecule has 0 spiro atoms. The quantitative estimate of drug-likeness (QED) is 0.638. The van der Waals surface area contributed by atoms with Gasteiger partial charge in [0.25, 0.3) is 0 Å². The Morgan fingerprint density at radius 2 is 2.18 bits per heavy atom. The lowest BCUT2D eigenvalue weighted by atomic mass is 9.97. The molecule has 1 saturated carbocycles. The summed E-state index contributed by atoms with van der Waals surface area (Å²) in [6, 6.07) is 0. The monoisotopic (exact) mass is 158 g/mol. The third kappa shape index (κ3) is 2.50. The largest absolute Gasteiger partial charge is 0.481 e. The normalized spacial score (nSPS) is 22.7. The van der Waals surface area contributed by atoms with Crippen LogP contribution in [0, 0.1) is 11.8 Å². The number of rotatable bonds is 4. The molecule has 0 aromatic carbocycles. The summed E-state index contributed by atoms with van der Waals surface area (Å²) in [5.74, 6) is -0.861. The van der Waals surface area contributed by atoms with Gasteiger partial charge in [-0.15, -0.1) is 0 Å². The second kappa shape index (κ2) is 3.22. The second-order valence-electron chi connectivity index (χ2n) is 3.36. The highest BCUT2D eigenvalue weighted by Crippen LogP contribution is 2.36. The summed E-state index contributed by atoms with van der Waals surface area (Å²) in [6.07, 6.45) is 2.20. The van der Waals surface area contributed by atoms with E-state index in [1.165, 1.54) is 0 Å². The smallest absolute Gasteiger partial charge is 0.309 e. The van der Waals surface area contributed by atoms with Gasteiger partial charge in [0.1, 0.15) is 0 Å². The Hall–Kier alpha value is -0.570. The lowest BCUT2D eigenvalue weighted by Gasteiger charge is -2.13. The van der Waals surface area contributed by atoms with Gasteiger partial charge in [0, 0.05) is 0 Å². The van der Waals surface area contributed by atoms with E-state index in [-0.39, 0.29) is 0 Å². The maximum Gasteiger partial charge on any atom is 0.309 e. The maximum atomic E-state index is 10.5. The van der Waals surface area contributed by atoms with E-state index in [4.69, 9.17) is 10.2 Å². The summed E-state index contributed by atoms with van der Waals surface area (Å²) in [4.78, 5) is 10.5. The molecule has 3 nitrogen and oxygen atoms in total. The van der Waals surface area contributed by atoms with Crippen molar-refractivity contribution in [1.29, 1.82) is 0 Å². The minimum absolute atomic E-state index is 0.553. The van der Waals surface area contributed by atoms with Crippen molar-refractivity contribution in [3.63, 3.8) is 0 Å². The van der Waals surface area contributed by atoms with Crippen molar-refractivity contribution in [2.75, 3.05) is 0 Å². The Morgan fingerprint density at radius 1 is 1.64 bits per heavy atom. The number of carbonyl (C=O) groups is 1. The first kappa shape index (κ1) is 8.53. The summed E-state index contributed by atoms with van der Waals surface area (Å²) in [6.45, 7) is 1.54. The van der Waals surface area contributed by atoms with Crippen molar-refractivity contribution in [2.24, 2.45) is 11.8 Å². The van der Waals surface area contributed by atoms with Crippen molar-refractivity contribution in [3.8, 4) is 0 Å².